The molecule has 1 saturated carbocycles. The van der Waals surface area contributed by atoms with Crippen LogP contribution < -0.4 is 9.80 Å². The fourth-order valence-corrected chi connectivity index (χ4v) is 12.6. The van der Waals surface area contributed by atoms with Crippen LogP contribution >= 0.6 is 0 Å². The van der Waals surface area contributed by atoms with Gasteiger partial charge in [0.05, 0.1) is 22.7 Å². The molecule has 0 bridgehead atoms. The van der Waals surface area contributed by atoms with E-state index in [4.69, 9.17) is 8.83 Å². The lowest BCUT2D eigenvalue weighted by molar-refractivity contribution is 0.443. The number of furan rings is 2. The number of fused-ring (bicyclic) bond motifs is 6. The maximum Gasteiger partial charge on any atom is 0.159 e. The maximum atomic E-state index is 7.15. The van der Waals surface area contributed by atoms with Crippen LogP contribution in [0.15, 0.2) is 179 Å². The van der Waals surface area contributed by atoms with Gasteiger partial charge in [-0.25, -0.2) is 0 Å². The summed E-state index contributed by atoms with van der Waals surface area (Å²) in [6, 6.07) is 64.2. The van der Waals surface area contributed by atoms with E-state index in [1.165, 1.54) is 97.4 Å². The molecule has 2 aromatic heterocycles. The molecule has 0 aliphatic heterocycles. The van der Waals surface area contributed by atoms with Gasteiger partial charge in [0.1, 0.15) is 11.2 Å². The van der Waals surface area contributed by atoms with Gasteiger partial charge in [0.2, 0.25) is 0 Å². The number of benzene rings is 10. The molecule has 12 aromatic rings. The Morgan fingerprint density at radius 1 is 0.384 bits per heavy atom. The minimum absolute atomic E-state index is 0.622. The van der Waals surface area contributed by atoms with Crippen molar-refractivity contribution in [1.82, 2.24) is 0 Å². The molecule has 10 aromatic carbocycles. The minimum atomic E-state index is 0.622. The van der Waals surface area contributed by atoms with Gasteiger partial charge in [0, 0.05) is 43.7 Å². The maximum absolute atomic E-state index is 7.15. The van der Waals surface area contributed by atoms with Crippen LogP contribution in [0.25, 0.3) is 76.2 Å². The van der Waals surface area contributed by atoms with Crippen LogP contribution in [-0.2, 0) is 19.3 Å². The number of para-hydroxylation sites is 4. The van der Waals surface area contributed by atoms with Crippen molar-refractivity contribution in [2.75, 3.05) is 9.80 Å². The number of nitrogens with zero attached hydrogens (tertiary/aromatic N) is 2. The molecular formula is C69H64N2O2. The highest BCUT2D eigenvalue weighted by Crippen LogP contribution is 2.51. The highest BCUT2D eigenvalue weighted by atomic mass is 16.3. The number of rotatable bonds is 15. The van der Waals surface area contributed by atoms with Gasteiger partial charge in [-0.15, -0.1) is 0 Å². The molecule has 0 unspecified atom stereocenters. The van der Waals surface area contributed by atoms with Crippen LogP contribution in [-0.4, -0.2) is 0 Å². The van der Waals surface area contributed by atoms with Crippen LogP contribution in [0.2, 0.25) is 0 Å². The molecule has 2 heterocycles. The van der Waals surface area contributed by atoms with Crippen LogP contribution in [0.5, 0.6) is 0 Å². The quantitative estimate of drug-likeness (QED) is 0.0959. The molecule has 0 spiro atoms. The van der Waals surface area contributed by atoms with Crippen molar-refractivity contribution in [3.8, 4) is 0 Å². The van der Waals surface area contributed by atoms with E-state index in [0.717, 1.165) is 119 Å². The summed E-state index contributed by atoms with van der Waals surface area (Å²) in [5.41, 5.74) is 15.8. The third-order valence-electron chi connectivity index (χ3n) is 16.3. The lowest BCUT2D eigenvalue weighted by atomic mass is 9.84. The van der Waals surface area contributed by atoms with Gasteiger partial charge in [-0.1, -0.05) is 181 Å². The zero-order chi connectivity index (χ0) is 49.0. The Kier molecular flexibility index (Phi) is 11.9. The summed E-state index contributed by atoms with van der Waals surface area (Å²) in [4.78, 5) is 4.94. The summed E-state index contributed by atoms with van der Waals surface area (Å²) in [6.07, 6.45) is 15.2. The third-order valence-corrected chi connectivity index (χ3v) is 16.3. The zero-order valence-corrected chi connectivity index (χ0v) is 42.6. The fraction of sp³-hybridized carbons (Fsp3) is 0.246. The van der Waals surface area contributed by atoms with Crippen molar-refractivity contribution < 1.29 is 8.83 Å². The summed E-state index contributed by atoms with van der Waals surface area (Å²) in [5, 5.41) is 12.0. The number of anilines is 6. The van der Waals surface area contributed by atoms with Gasteiger partial charge in [-0.05, 0) is 143 Å². The second-order valence-corrected chi connectivity index (χ2v) is 20.9. The number of aryl methyl sites for hydroxylation is 3. The molecule has 4 nitrogen and oxygen atoms in total. The molecule has 1 fully saturated rings. The summed E-state index contributed by atoms with van der Waals surface area (Å²) >= 11 is 0. The van der Waals surface area contributed by atoms with E-state index in [1.807, 2.05) is 0 Å². The minimum Gasteiger partial charge on any atom is -0.454 e. The summed E-state index contributed by atoms with van der Waals surface area (Å²) in [7, 11) is 0. The number of hydrogen-bond donors (Lipinski definition) is 0. The highest BCUT2D eigenvalue weighted by molar-refractivity contribution is 6.29. The van der Waals surface area contributed by atoms with Gasteiger partial charge in [0.25, 0.3) is 0 Å². The van der Waals surface area contributed by atoms with Crippen LogP contribution in [0, 0.1) is 0 Å². The van der Waals surface area contributed by atoms with Gasteiger partial charge in [0.15, 0.2) is 11.2 Å². The Morgan fingerprint density at radius 2 is 0.836 bits per heavy atom. The lowest BCUT2D eigenvalue weighted by Gasteiger charge is -2.30. The SMILES string of the molecule is CCCCc1cccc2c1oc1c(N(c3ccc(CCC)cc3)c3ccc4ccc5c(N(c6ccc(C7CCCCC7)cc6)c6cccc7c6oc6c(CCCC)cccc67)ccc6ccc3c4c65)cccc12. The Bertz CT molecular complexity index is 3940. The molecule has 13 rings (SSSR count). The molecule has 0 amide bonds. The Hall–Kier alpha value is -7.56. The molecule has 73 heavy (non-hydrogen) atoms. The molecule has 4 heteroatoms. The normalized spacial score (nSPS) is 13.5. The standard InChI is InChI=1S/C69H64N2O2/c1-4-7-17-50-21-12-23-54-56-25-14-27-62(68(56)72-66(50)54)70(52-37-29-45(16-6-3)30-38-52)60-43-35-48-34-42-59-61(44-36-49-33-41-58(60)64(48)65(49)59)71(53-39-31-47(32-40-53)46-19-10-9-11-20-46)63-28-15-26-57-55-24-13-22-51(18-8-5-2)67(55)73-69(57)63/h12-15,21-44,46H,4-11,16-20H2,1-3H3. The molecule has 1 aliphatic carbocycles. The first-order valence-electron chi connectivity index (χ1n) is 27.5. The molecular weight excluding hydrogens is 889 g/mol. The molecule has 0 atom stereocenters. The third kappa shape index (κ3) is 7.80. The van der Waals surface area contributed by atoms with Crippen molar-refractivity contribution in [2.45, 2.75) is 110 Å². The van der Waals surface area contributed by atoms with E-state index < -0.39 is 0 Å². The highest BCUT2D eigenvalue weighted by Gasteiger charge is 2.27. The lowest BCUT2D eigenvalue weighted by Crippen LogP contribution is -2.12. The molecule has 362 valence electrons. The first-order valence-corrected chi connectivity index (χ1v) is 27.5. The van der Waals surface area contributed by atoms with Crippen molar-refractivity contribution in [3.63, 3.8) is 0 Å². The van der Waals surface area contributed by atoms with E-state index in [1.54, 1.807) is 0 Å². The Morgan fingerprint density at radius 3 is 1.32 bits per heavy atom. The second kappa shape index (κ2) is 19.1. The molecule has 1 aliphatic rings. The Labute approximate surface area is 429 Å². The predicted molar refractivity (Wildman–Crippen MR) is 311 cm³/mol. The van der Waals surface area contributed by atoms with Crippen molar-refractivity contribution in [1.29, 1.82) is 0 Å². The van der Waals surface area contributed by atoms with Gasteiger partial charge >= 0.3 is 0 Å². The van der Waals surface area contributed by atoms with E-state index >= 15 is 0 Å². The molecule has 0 N–H and O–H groups in total. The van der Waals surface area contributed by atoms with Crippen LogP contribution in [0.3, 0.4) is 0 Å². The van der Waals surface area contributed by atoms with E-state index in [9.17, 15) is 0 Å². The van der Waals surface area contributed by atoms with Crippen LogP contribution in [0.4, 0.5) is 34.1 Å². The fourth-order valence-electron chi connectivity index (χ4n) is 12.6. The van der Waals surface area contributed by atoms with Crippen LogP contribution in [0.1, 0.15) is 113 Å². The van der Waals surface area contributed by atoms with Gasteiger partial charge in [-0.2, -0.15) is 0 Å². The van der Waals surface area contributed by atoms with E-state index in [-0.39, 0.29) is 0 Å². The van der Waals surface area contributed by atoms with E-state index in [0.29, 0.717) is 5.92 Å². The first-order chi connectivity index (χ1) is 36.1. The van der Waals surface area contributed by atoms with Crippen molar-refractivity contribution >= 4 is 110 Å². The summed E-state index contributed by atoms with van der Waals surface area (Å²) in [6.45, 7) is 6.78. The first kappa shape index (κ1) is 45.3. The topological polar surface area (TPSA) is 32.8 Å². The number of hydrogen-bond acceptors (Lipinski definition) is 4. The monoisotopic (exact) mass is 952 g/mol. The molecule has 0 saturated heterocycles. The molecule has 0 radical (unpaired) electrons. The summed E-state index contributed by atoms with van der Waals surface area (Å²) < 4.78 is 14.3. The van der Waals surface area contributed by atoms with Gasteiger partial charge < -0.3 is 18.6 Å². The summed E-state index contributed by atoms with van der Waals surface area (Å²) in [5.74, 6) is 0.622. The zero-order valence-electron chi connectivity index (χ0n) is 42.6. The average molecular weight is 953 g/mol. The number of unbranched alkanes of at least 4 members (excludes halogenated alkanes) is 2. The Balaban J connectivity index is 1.03. The van der Waals surface area contributed by atoms with Crippen molar-refractivity contribution in [3.05, 3.63) is 192 Å². The predicted octanol–water partition coefficient (Wildman–Crippen LogP) is 21.0. The smallest absolute Gasteiger partial charge is 0.159 e. The van der Waals surface area contributed by atoms with Gasteiger partial charge in [-0.3, -0.25) is 0 Å². The average Bonchev–Trinajstić information content (AvgIpc) is 4.03. The van der Waals surface area contributed by atoms with Crippen molar-refractivity contribution in [2.24, 2.45) is 0 Å². The van der Waals surface area contributed by atoms with E-state index in [2.05, 4.69) is 200 Å². The second-order valence-electron chi connectivity index (χ2n) is 20.9. The largest absolute Gasteiger partial charge is 0.454 e.